The molecule has 2 saturated heterocycles. The quantitative estimate of drug-likeness (QED) is 0.711. The van der Waals surface area contributed by atoms with Crippen molar-refractivity contribution in [2.24, 2.45) is 0 Å². The van der Waals surface area contributed by atoms with Crippen molar-refractivity contribution in [2.45, 2.75) is 31.8 Å². The molecule has 0 spiro atoms. The second-order valence-corrected chi connectivity index (χ2v) is 5.48. The van der Waals surface area contributed by atoms with E-state index in [-0.39, 0.29) is 5.54 Å². The highest BCUT2D eigenvalue weighted by Gasteiger charge is 2.29. The van der Waals surface area contributed by atoms with E-state index >= 15 is 0 Å². The lowest BCUT2D eigenvalue weighted by molar-refractivity contribution is -0.0102. The van der Waals surface area contributed by atoms with Crippen molar-refractivity contribution in [1.29, 1.82) is 0 Å². The third-order valence-corrected chi connectivity index (χ3v) is 3.75. The van der Waals surface area contributed by atoms with E-state index in [4.69, 9.17) is 4.74 Å². The van der Waals surface area contributed by atoms with Crippen LogP contribution in [0.4, 0.5) is 0 Å². The minimum absolute atomic E-state index is 0.242. The zero-order valence-electron chi connectivity index (χ0n) is 10.6. The van der Waals surface area contributed by atoms with E-state index < -0.39 is 0 Å². The van der Waals surface area contributed by atoms with Crippen molar-refractivity contribution < 1.29 is 4.74 Å². The number of morpholine rings is 1. The van der Waals surface area contributed by atoms with Crippen LogP contribution in [0.15, 0.2) is 0 Å². The molecule has 2 aliphatic rings. The Morgan fingerprint density at radius 3 is 2.75 bits per heavy atom. The number of rotatable bonds is 4. The summed E-state index contributed by atoms with van der Waals surface area (Å²) in [5.74, 6) is 0. The van der Waals surface area contributed by atoms with Crippen molar-refractivity contribution >= 4 is 0 Å². The summed E-state index contributed by atoms with van der Waals surface area (Å²) in [6.07, 6.45) is 1.26. The molecule has 4 heteroatoms. The molecule has 0 amide bonds. The maximum atomic E-state index is 5.40. The fraction of sp³-hybridized carbons (Fsp3) is 1.00. The predicted octanol–water partition coefficient (Wildman–Crippen LogP) is 0.0487. The van der Waals surface area contributed by atoms with Gasteiger partial charge in [0.25, 0.3) is 0 Å². The lowest BCUT2D eigenvalue weighted by Gasteiger charge is -2.41. The Morgan fingerprint density at radius 1 is 1.38 bits per heavy atom. The second kappa shape index (κ2) is 5.45. The molecule has 0 aliphatic carbocycles. The van der Waals surface area contributed by atoms with E-state index in [2.05, 4.69) is 29.4 Å². The fourth-order valence-corrected chi connectivity index (χ4v) is 2.50. The van der Waals surface area contributed by atoms with Crippen LogP contribution in [-0.2, 0) is 4.74 Å². The Kier molecular flexibility index (Phi) is 4.19. The van der Waals surface area contributed by atoms with Gasteiger partial charge < -0.3 is 15.4 Å². The normalized spacial score (nSPS) is 28.5. The maximum Gasteiger partial charge on any atom is 0.0594 e. The Bertz CT molecular complexity index is 208. The molecule has 2 rings (SSSR count). The third kappa shape index (κ3) is 3.17. The van der Waals surface area contributed by atoms with Crippen LogP contribution >= 0.6 is 0 Å². The van der Waals surface area contributed by atoms with Gasteiger partial charge in [-0.3, -0.25) is 4.90 Å². The van der Waals surface area contributed by atoms with Crippen LogP contribution in [-0.4, -0.2) is 62.4 Å². The summed E-state index contributed by atoms with van der Waals surface area (Å²) in [5, 5.41) is 7.07. The van der Waals surface area contributed by atoms with Gasteiger partial charge in [-0.15, -0.1) is 0 Å². The zero-order valence-corrected chi connectivity index (χ0v) is 10.6. The van der Waals surface area contributed by atoms with E-state index in [0.717, 1.165) is 45.9 Å². The lowest BCUT2D eigenvalue weighted by Crippen LogP contribution is -2.56. The minimum atomic E-state index is 0.242. The lowest BCUT2D eigenvalue weighted by atomic mass is 10.0. The van der Waals surface area contributed by atoms with Crippen LogP contribution in [0.3, 0.4) is 0 Å². The molecule has 2 fully saturated rings. The first kappa shape index (κ1) is 12.3. The van der Waals surface area contributed by atoms with Crippen molar-refractivity contribution in [2.75, 3.05) is 45.9 Å². The predicted molar refractivity (Wildman–Crippen MR) is 65.7 cm³/mol. The Morgan fingerprint density at radius 2 is 2.12 bits per heavy atom. The first-order valence-corrected chi connectivity index (χ1v) is 6.45. The van der Waals surface area contributed by atoms with Crippen molar-refractivity contribution in [3.05, 3.63) is 0 Å². The van der Waals surface area contributed by atoms with Crippen LogP contribution in [0.2, 0.25) is 0 Å². The highest BCUT2D eigenvalue weighted by atomic mass is 16.5. The zero-order chi connectivity index (χ0) is 11.4. The monoisotopic (exact) mass is 227 g/mol. The Balaban J connectivity index is 1.76. The molecular formula is C12H25N3O. The molecule has 4 nitrogen and oxygen atoms in total. The van der Waals surface area contributed by atoms with Crippen molar-refractivity contribution in [3.8, 4) is 0 Å². The summed E-state index contributed by atoms with van der Waals surface area (Å²) in [6, 6.07) is 0.667. The van der Waals surface area contributed by atoms with Crippen LogP contribution in [0, 0.1) is 0 Å². The average molecular weight is 227 g/mol. The highest BCUT2D eigenvalue weighted by Crippen LogP contribution is 2.15. The molecule has 0 bridgehead atoms. The minimum Gasteiger partial charge on any atom is -0.379 e. The second-order valence-electron chi connectivity index (χ2n) is 5.48. The summed E-state index contributed by atoms with van der Waals surface area (Å²) in [4.78, 5) is 2.53. The molecule has 0 aromatic heterocycles. The molecular weight excluding hydrogens is 202 g/mol. The number of hydrogen-bond acceptors (Lipinski definition) is 4. The third-order valence-electron chi connectivity index (χ3n) is 3.75. The van der Waals surface area contributed by atoms with Gasteiger partial charge in [0, 0.05) is 37.8 Å². The van der Waals surface area contributed by atoms with E-state index in [1.165, 1.54) is 6.42 Å². The molecule has 94 valence electrons. The summed E-state index contributed by atoms with van der Waals surface area (Å²) >= 11 is 0. The van der Waals surface area contributed by atoms with Crippen LogP contribution < -0.4 is 10.6 Å². The molecule has 2 aliphatic heterocycles. The van der Waals surface area contributed by atoms with Gasteiger partial charge in [-0.25, -0.2) is 0 Å². The molecule has 0 aromatic carbocycles. The maximum absolute atomic E-state index is 5.40. The molecule has 1 unspecified atom stereocenters. The topological polar surface area (TPSA) is 36.5 Å². The Labute approximate surface area is 98.7 Å². The molecule has 0 radical (unpaired) electrons. The Hall–Kier alpha value is -0.160. The molecule has 2 heterocycles. The van der Waals surface area contributed by atoms with Crippen LogP contribution in [0.25, 0.3) is 0 Å². The molecule has 0 aromatic rings. The number of ether oxygens (including phenoxy) is 1. The summed E-state index contributed by atoms with van der Waals surface area (Å²) < 4.78 is 5.40. The van der Waals surface area contributed by atoms with Gasteiger partial charge in [-0.05, 0) is 26.8 Å². The molecule has 0 saturated carbocycles. The van der Waals surface area contributed by atoms with Gasteiger partial charge in [0.2, 0.25) is 0 Å². The van der Waals surface area contributed by atoms with E-state index in [1.807, 2.05) is 0 Å². The van der Waals surface area contributed by atoms with E-state index in [9.17, 15) is 0 Å². The molecule has 16 heavy (non-hydrogen) atoms. The summed E-state index contributed by atoms with van der Waals surface area (Å²) in [6.45, 7) is 11.9. The van der Waals surface area contributed by atoms with E-state index in [0.29, 0.717) is 6.04 Å². The van der Waals surface area contributed by atoms with Gasteiger partial charge in [-0.2, -0.15) is 0 Å². The molecule has 1 atom stereocenters. The first-order chi connectivity index (χ1) is 7.68. The van der Waals surface area contributed by atoms with Gasteiger partial charge in [0.15, 0.2) is 0 Å². The summed E-state index contributed by atoms with van der Waals surface area (Å²) in [7, 11) is 0. The van der Waals surface area contributed by atoms with E-state index in [1.54, 1.807) is 0 Å². The SMILES string of the molecule is CC(C)(CNC1CCNC1)N1CCOCC1. The van der Waals surface area contributed by atoms with Gasteiger partial charge in [-0.1, -0.05) is 0 Å². The smallest absolute Gasteiger partial charge is 0.0594 e. The van der Waals surface area contributed by atoms with Gasteiger partial charge in [0.05, 0.1) is 13.2 Å². The average Bonchev–Trinajstić information content (AvgIpc) is 2.81. The molecule has 2 N–H and O–H groups in total. The summed E-state index contributed by atoms with van der Waals surface area (Å²) in [5.41, 5.74) is 0.242. The van der Waals surface area contributed by atoms with Crippen LogP contribution in [0.5, 0.6) is 0 Å². The van der Waals surface area contributed by atoms with Crippen LogP contribution in [0.1, 0.15) is 20.3 Å². The van der Waals surface area contributed by atoms with Gasteiger partial charge >= 0.3 is 0 Å². The fourth-order valence-electron chi connectivity index (χ4n) is 2.50. The van der Waals surface area contributed by atoms with Crippen molar-refractivity contribution in [3.63, 3.8) is 0 Å². The highest BCUT2D eigenvalue weighted by molar-refractivity contribution is 4.88. The number of nitrogens with one attached hydrogen (secondary N) is 2. The number of hydrogen-bond donors (Lipinski definition) is 2. The van der Waals surface area contributed by atoms with Gasteiger partial charge in [0.1, 0.15) is 0 Å². The number of nitrogens with zero attached hydrogens (tertiary/aromatic N) is 1. The standard InChI is InChI=1S/C12H25N3O/c1-12(2,15-5-7-16-8-6-15)10-14-11-3-4-13-9-11/h11,13-14H,3-10H2,1-2H3. The largest absolute Gasteiger partial charge is 0.379 e. The first-order valence-electron chi connectivity index (χ1n) is 6.45. The van der Waals surface area contributed by atoms with Crippen molar-refractivity contribution in [1.82, 2.24) is 15.5 Å².